The van der Waals surface area contributed by atoms with Crippen LogP contribution in [-0.2, 0) is 0 Å². The van der Waals surface area contributed by atoms with Gasteiger partial charge in [-0.25, -0.2) is 0 Å². The fourth-order valence-corrected chi connectivity index (χ4v) is 2.18. The second-order valence-corrected chi connectivity index (χ2v) is 4.61. The van der Waals surface area contributed by atoms with E-state index in [2.05, 4.69) is 12.2 Å². The first-order valence-corrected chi connectivity index (χ1v) is 5.59. The molecule has 1 heterocycles. The second-order valence-electron chi connectivity index (χ2n) is 4.20. The number of aryl methyl sites for hydroxylation is 1. The molecule has 0 radical (unpaired) electrons. The Bertz CT molecular complexity index is 372. The van der Waals surface area contributed by atoms with Gasteiger partial charge in [-0.05, 0) is 38.0 Å². The molecule has 1 aromatic carbocycles. The lowest BCUT2D eigenvalue weighted by Gasteiger charge is -2.36. The van der Waals surface area contributed by atoms with Crippen molar-refractivity contribution >= 4 is 11.6 Å². The van der Waals surface area contributed by atoms with Gasteiger partial charge in [-0.3, -0.25) is 0 Å². The third kappa shape index (κ3) is 1.97. The van der Waals surface area contributed by atoms with Crippen molar-refractivity contribution in [2.75, 3.05) is 7.11 Å². The molecule has 1 aromatic rings. The zero-order valence-corrected chi connectivity index (χ0v) is 10.1. The molecule has 2 unspecified atom stereocenters. The maximum absolute atomic E-state index is 6.12. The summed E-state index contributed by atoms with van der Waals surface area (Å²) >= 11 is 6.12. The molecule has 0 amide bonds. The molecule has 1 N–H and O–H groups in total. The smallest absolute Gasteiger partial charge is 0.124 e. The minimum Gasteiger partial charge on any atom is -0.496 e. The highest BCUT2D eigenvalue weighted by Gasteiger charge is 2.28. The van der Waals surface area contributed by atoms with E-state index < -0.39 is 0 Å². The molecule has 2 rings (SSSR count). The zero-order chi connectivity index (χ0) is 11.0. The highest BCUT2D eigenvalue weighted by atomic mass is 35.5. The van der Waals surface area contributed by atoms with Gasteiger partial charge >= 0.3 is 0 Å². The van der Waals surface area contributed by atoms with Crippen LogP contribution in [0.5, 0.6) is 5.75 Å². The van der Waals surface area contributed by atoms with E-state index in [1.807, 2.05) is 19.1 Å². The first kappa shape index (κ1) is 10.8. The van der Waals surface area contributed by atoms with Gasteiger partial charge in [-0.15, -0.1) is 0 Å². The van der Waals surface area contributed by atoms with Crippen molar-refractivity contribution in [3.63, 3.8) is 0 Å². The number of nitrogens with one attached hydrogen (secondary N) is 1. The fraction of sp³-hybridized carbons (Fsp3) is 0.500. The normalized spacial score (nSPS) is 24.8. The van der Waals surface area contributed by atoms with Crippen LogP contribution in [0.2, 0.25) is 5.02 Å². The molecule has 1 aliphatic heterocycles. The van der Waals surface area contributed by atoms with Gasteiger partial charge in [-0.2, -0.15) is 0 Å². The molecule has 82 valence electrons. The Morgan fingerprint density at radius 2 is 2.13 bits per heavy atom. The standard InChI is InChI=1S/C12H16ClNO/c1-7-4-12(15-3)9(6-10(7)13)11-5-8(2)14-11/h4,6,8,11,14H,5H2,1-3H3. The van der Waals surface area contributed by atoms with Crippen molar-refractivity contribution in [3.05, 3.63) is 28.3 Å². The summed E-state index contributed by atoms with van der Waals surface area (Å²) in [6.45, 7) is 4.17. The minimum atomic E-state index is 0.396. The van der Waals surface area contributed by atoms with Crippen LogP contribution in [0.3, 0.4) is 0 Å². The summed E-state index contributed by atoms with van der Waals surface area (Å²) in [6, 6.07) is 5.01. The maximum atomic E-state index is 6.12. The van der Waals surface area contributed by atoms with Crippen LogP contribution >= 0.6 is 11.6 Å². The summed E-state index contributed by atoms with van der Waals surface area (Å²) in [5.41, 5.74) is 2.23. The SMILES string of the molecule is COc1cc(C)c(Cl)cc1C1CC(C)N1. The summed E-state index contributed by atoms with van der Waals surface area (Å²) in [7, 11) is 1.70. The zero-order valence-electron chi connectivity index (χ0n) is 9.30. The molecule has 2 atom stereocenters. The molecule has 1 aliphatic rings. The Labute approximate surface area is 95.6 Å². The van der Waals surface area contributed by atoms with Crippen molar-refractivity contribution in [3.8, 4) is 5.75 Å². The Morgan fingerprint density at radius 3 is 2.67 bits per heavy atom. The van der Waals surface area contributed by atoms with Gasteiger partial charge in [0.1, 0.15) is 5.75 Å². The Hall–Kier alpha value is -0.730. The summed E-state index contributed by atoms with van der Waals surface area (Å²) in [4.78, 5) is 0. The van der Waals surface area contributed by atoms with Crippen molar-refractivity contribution in [1.29, 1.82) is 0 Å². The van der Waals surface area contributed by atoms with Crippen LogP contribution in [0.4, 0.5) is 0 Å². The molecule has 0 aliphatic carbocycles. The lowest BCUT2D eigenvalue weighted by Crippen LogP contribution is -2.43. The van der Waals surface area contributed by atoms with E-state index in [1.165, 1.54) is 5.56 Å². The number of methoxy groups -OCH3 is 1. The topological polar surface area (TPSA) is 21.3 Å². The Morgan fingerprint density at radius 1 is 1.47 bits per heavy atom. The molecule has 0 aromatic heterocycles. The molecule has 2 nitrogen and oxygen atoms in total. The third-order valence-corrected chi connectivity index (χ3v) is 3.37. The molecule has 15 heavy (non-hydrogen) atoms. The van der Waals surface area contributed by atoms with Crippen LogP contribution in [0.25, 0.3) is 0 Å². The molecular formula is C12H16ClNO. The lowest BCUT2D eigenvalue weighted by molar-refractivity contribution is 0.278. The summed E-state index contributed by atoms with van der Waals surface area (Å²) in [5, 5.41) is 4.25. The van der Waals surface area contributed by atoms with E-state index in [9.17, 15) is 0 Å². The number of rotatable bonds is 2. The Balaban J connectivity index is 2.33. The van der Waals surface area contributed by atoms with Crippen molar-refractivity contribution in [1.82, 2.24) is 5.32 Å². The summed E-state index contributed by atoms with van der Waals surface area (Å²) in [6.07, 6.45) is 1.15. The van der Waals surface area contributed by atoms with Gasteiger partial charge in [0.25, 0.3) is 0 Å². The Kier molecular flexibility index (Phi) is 2.89. The molecule has 1 saturated heterocycles. The molecule has 0 spiro atoms. The van der Waals surface area contributed by atoms with Crippen LogP contribution in [0, 0.1) is 6.92 Å². The predicted octanol–water partition coefficient (Wildman–Crippen LogP) is 3.08. The number of hydrogen-bond donors (Lipinski definition) is 1. The number of halogens is 1. The van der Waals surface area contributed by atoms with Gasteiger partial charge in [-0.1, -0.05) is 11.6 Å². The van der Waals surface area contributed by atoms with Gasteiger partial charge in [0.15, 0.2) is 0 Å². The fourth-order valence-electron chi connectivity index (χ4n) is 2.01. The van der Waals surface area contributed by atoms with Gasteiger partial charge < -0.3 is 10.1 Å². The molecular weight excluding hydrogens is 210 g/mol. The largest absolute Gasteiger partial charge is 0.496 e. The summed E-state index contributed by atoms with van der Waals surface area (Å²) in [5.74, 6) is 0.932. The number of benzene rings is 1. The minimum absolute atomic E-state index is 0.396. The molecule has 1 fully saturated rings. The van der Waals surface area contributed by atoms with E-state index in [0.29, 0.717) is 12.1 Å². The molecule has 0 saturated carbocycles. The highest BCUT2D eigenvalue weighted by Crippen LogP contribution is 2.36. The van der Waals surface area contributed by atoms with E-state index in [-0.39, 0.29) is 0 Å². The maximum Gasteiger partial charge on any atom is 0.124 e. The molecule has 3 heteroatoms. The predicted molar refractivity (Wildman–Crippen MR) is 62.7 cm³/mol. The summed E-state index contributed by atoms with van der Waals surface area (Å²) < 4.78 is 5.37. The second kappa shape index (κ2) is 4.03. The van der Waals surface area contributed by atoms with Crippen LogP contribution < -0.4 is 10.1 Å². The first-order valence-electron chi connectivity index (χ1n) is 5.22. The van der Waals surface area contributed by atoms with Crippen molar-refractivity contribution in [2.45, 2.75) is 32.4 Å². The monoisotopic (exact) mass is 225 g/mol. The van der Waals surface area contributed by atoms with E-state index >= 15 is 0 Å². The van der Waals surface area contributed by atoms with Crippen LogP contribution in [0.15, 0.2) is 12.1 Å². The van der Waals surface area contributed by atoms with E-state index in [0.717, 1.165) is 22.8 Å². The van der Waals surface area contributed by atoms with Crippen molar-refractivity contribution in [2.24, 2.45) is 0 Å². The van der Waals surface area contributed by atoms with Gasteiger partial charge in [0.05, 0.1) is 7.11 Å². The van der Waals surface area contributed by atoms with Crippen LogP contribution in [0.1, 0.15) is 30.5 Å². The van der Waals surface area contributed by atoms with Crippen LogP contribution in [-0.4, -0.2) is 13.2 Å². The first-order chi connectivity index (χ1) is 7.11. The molecule has 0 bridgehead atoms. The third-order valence-electron chi connectivity index (χ3n) is 2.96. The quantitative estimate of drug-likeness (QED) is 0.835. The lowest BCUT2D eigenvalue weighted by atomic mass is 9.91. The average molecular weight is 226 g/mol. The van der Waals surface area contributed by atoms with Gasteiger partial charge in [0.2, 0.25) is 0 Å². The van der Waals surface area contributed by atoms with E-state index in [4.69, 9.17) is 16.3 Å². The highest BCUT2D eigenvalue weighted by molar-refractivity contribution is 6.31. The number of hydrogen-bond acceptors (Lipinski definition) is 2. The van der Waals surface area contributed by atoms with Crippen molar-refractivity contribution < 1.29 is 4.74 Å². The average Bonchev–Trinajstić information content (AvgIpc) is 2.17. The number of ether oxygens (including phenoxy) is 1. The van der Waals surface area contributed by atoms with E-state index in [1.54, 1.807) is 7.11 Å². The van der Waals surface area contributed by atoms with Gasteiger partial charge in [0, 0.05) is 22.7 Å².